The molecule has 0 heterocycles. The lowest BCUT2D eigenvalue weighted by atomic mass is 10.2. The van der Waals surface area contributed by atoms with Crippen LogP contribution >= 0.6 is 0 Å². The van der Waals surface area contributed by atoms with Crippen LogP contribution in [0.1, 0.15) is 18.9 Å². The van der Waals surface area contributed by atoms with Crippen LogP contribution in [0.3, 0.4) is 0 Å². The molecule has 108 valence electrons. The standard InChI is InChI=1S/C14H26O3Si2/c1-7-12-15-18(3,4)17-19(5,6)16-14-11-9-8-10-13(14)2/h8-11H,7,12H2,1-6H3. The maximum atomic E-state index is 6.22. The highest BCUT2D eigenvalue weighted by Gasteiger charge is 2.37. The Morgan fingerprint density at radius 1 is 1.00 bits per heavy atom. The van der Waals surface area contributed by atoms with Crippen molar-refractivity contribution < 1.29 is 13.0 Å². The second-order valence-corrected chi connectivity index (χ2v) is 12.5. The predicted octanol–water partition coefficient (Wildman–Crippen LogP) is 4.22. The minimum Gasteiger partial charge on any atom is -0.521 e. The summed E-state index contributed by atoms with van der Waals surface area (Å²) in [6.45, 7) is 13.2. The van der Waals surface area contributed by atoms with Gasteiger partial charge in [-0.05, 0) is 51.2 Å². The molecule has 1 aromatic carbocycles. The van der Waals surface area contributed by atoms with Gasteiger partial charge in [-0.25, -0.2) is 0 Å². The minimum atomic E-state index is -2.22. The SMILES string of the molecule is CCCO[Si](C)(C)O[Si](C)(C)Oc1ccccc1C. The molecule has 0 radical (unpaired) electrons. The van der Waals surface area contributed by atoms with Crippen molar-refractivity contribution in [1.29, 1.82) is 0 Å². The van der Waals surface area contributed by atoms with Crippen molar-refractivity contribution in [2.45, 2.75) is 46.5 Å². The molecule has 3 nitrogen and oxygen atoms in total. The van der Waals surface area contributed by atoms with E-state index < -0.39 is 17.1 Å². The quantitative estimate of drug-likeness (QED) is 0.705. The molecule has 0 amide bonds. The van der Waals surface area contributed by atoms with Crippen molar-refractivity contribution in [3.8, 4) is 5.75 Å². The maximum Gasteiger partial charge on any atom is 0.383 e. The largest absolute Gasteiger partial charge is 0.521 e. The molecule has 0 bridgehead atoms. The van der Waals surface area contributed by atoms with Crippen LogP contribution in [0, 0.1) is 6.92 Å². The van der Waals surface area contributed by atoms with Crippen LogP contribution in [-0.2, 0) is 8.54 Å². The van der Waals surface area contributed by atoms with Crippen molar-refractivity contribution in [2.24, 2.45) is 0 Å². The maximum absolute atomic E-state index is 6.22. The van der Waals surface area contributed by atoms with E-state index in [-0.39, 0.29) is 0 Å². The van der Waals surface area contributed by atoms with Gasteiger partial charge < -0.3 is 13.0 Å². The van der Waals surface area contributed by atoms with Crippen LogP contribution in [0.2, 0.25) is 26.2 Å². The Morgan fingerprint density at radius 2 is 1.63 bits per heavy atom. The number of hydrogen-bond acceptors (Lipinski definition) is 3. The minimum absolute atomic E-state index is 0.758. The van der Waals surface area contributed by atoms with Gasteiger partial charge in [0.2, 0.25) is 0 Å². The van der Waals surface area contributed by atoms with Gasteiger partial charge in [-0.1, -0.05) is 25.1 Å². The fourth-order valence-electron chi connectivity index (χ4n) is 1.93. The molecule has 0 fully saturated rings. The smallest absolute Gasteiger partial charge is 0.383 e. The molecule has 0 aliphatic rings. The molecule has 0 N–H and O–H groups in total. The van der Waals surface area contributed by atoms with Crippen LogP contribution in [0.25, 0.3) is 0 Å². The van der Waals surface area contributed by atoms with Crippen molar-refractivity contribution in [2.75, 3.05) is 6.61 Å². The van der Waals surface area contributed by atoms with Gasteiger partial charge in [-0.2, -0.15) is 0 Å². The summed E-state index contributed by atoms with van der Waals surface area (Å²) in [4.78, 5) is 0. The summed E-state index contributed by atoms with van der Waals surface area (Å²) in [5.74, 6) is 0.916. The average Bonchev–Trinajstić information content (AvgIpc) is 2.28. The van der Waals surface area contributed by atoms with Crippen LogP contribution in [0.5, 0.6) is 5.75 Å². The molecule has 0 saturated carbocycles. The molecular formula is C14H26O3Si2. The van der Waals surface area contributed by atoms with Gasteiger partial charge in [0.15, 0.2) is 0 Å². The molecule has 0 unspecified atom stereocenters. The third-order valence-electron chi connectivity index (χ3n) is 2.59. The molecule has 0 atom stereocenters. The van der Waals surface area contributed by atoms with Crippen LogP contribution in [0.4, 0.5) is 0 Å². The zero-order valence-electron chi connectivity index (χ0n) is 12.9. The molecule has 1 aromatic rings. The highest BCUT2D eigenvalue weighted by molar-refractivity contribution is 6.79. The molecule has 0 aromatic heterocycles. The fraction of sp³-hybridized carbons (Fsp3) is 0.571. The molecule has 0 aliphatic heterocycles. The van der Waals surface area contributed by atoms with Crippen molar-refractivity contribution in [1.82, 2.24) is 0 Å². The lowest BCUT2D eigenvalue weighted by Crippen LogP contribution is -2.50. The molecule has 0 spiro atoms. The van der Waals surface area contributed by atoms with Crippen molar-refractivity contribution >= 4 is 17.1 Å². The van der Waals surface area contributed by atoms with E-state index in [0.29, 0.717) is 0 Å². The van der Waals surface area contributed by atoms with E-state index in [2.05, 4.69) is 46.1 Å². The molecule has 1 rings (SSSR count). The van der Waals surface area contributed by atoms with Gasteiger partial charge in [0.05, 0.1) is 0 Å². The third-order valence-corrected chi connectivity index (χ3v) is 8.14. The first-order valence-corrected chi connectivity index (χ1v) is 12.5. The van der Waals surface area contributed by atoms with Gasteiger partial charge in [0.25, 0.3) is 0 Å². The van der Waals surface area contributed by atoms with E-state index in [1.54, 1.807) is 0 Å². The zero-order chi connectivity index (χ0) is 14.5. The first-order chi connectivity index (χ1) is 8.76. The molecule has 0 aliphatic carbocycles. The first kappa shape index (κ1) is 16.4. The molecule has 19 heavy (non-hydrogen) atoms. The van der Waals surface area contributed by atoms with Crippen molar-refractivity contribution in [3.05, 3.63) is 29.8 Å². The van der Waals surface area contributed by atoms with E-state index in [0.717, 1.165) is 24.3 Å². The van der Waals surface area contributed by atoms with E-state index in [1.165, 1.54) is 0 Å². The van der Waals surface area contributed by atoms with Gasteiger partial charge >= 0.3 is 17.1 Å². The topological polar surface area (TPSA) is 27.7 Å². The summed E-state index contributed by atoms with van der Waals surface area (Å²) in [7, 11) is -4.32. The molecule has 5 heteroatoms. The summed E-state index contributed by atoms with van der Waals surface area (Å²) in [6.07, 6.45) is 1.01. The lowest BCUT2D eigenvalue weighted by Gasteiger charge is -2.33. The van der Waals surface area contributed by atoms with Crippen LogP contribution in [0.15, 0.2) is 24.3 Å². The fourth-order valence-corrected chi connectivity index (χ4v) is 8.52. The third kappa shape index (κ3) is 5.90. The Labute approximate surface area is 119 Å². The second-order valence-electron chi connectivity index (χ2n) is 5.62. The summed E-state index contributed by atoms with van der Waals surface area (Å²) < 4.78 is 18.2. The first-order valence-electron chi connectivity index (χ1n) is 6.84. The second kappa shape index (κ2) is 6.70. The Hall–Kier alpha value is -0.626. The molecule has 0 saturated heterocycles. The lowest BCUT2D eigenvalue weighted by molar-refractivity contribution is 0.231. The van der Waals surface area contributed by atoms with E-state index in [1.807, 2.05) is 18.2 Å². The normalized spacial score (nSPS) is 12.5. The number of benzene rings is 1. The van der Waals surface area contributed by atoms with Crippen LogP contribution < -0.4 is 4.43 Å². The summed E-state index contributed by atoms with van der Waals surface area (Å²) >= 11 is 0. The average molecular weight is 299 g/mol. The van der Waals surface area contributed by atoms with Crippen molar-refractivity contribution in [3.63, 3.8) is 0 Å². The monoisotopic (exact) mass is 298 g/mol. The molecular weight excluding hydrogens is 272 g/mol. The number of hydrogen-bond donors (Lipinski definition) is 0. The summed E-state index contributed by atoms with van der Waals surface area (Å²) in [5, 5.41) is 0. The number of para-hydroxylation sites is 1. The van der Waals surface area contributed by atoms with Gasteiger partial charge in [-0.15, -0.1) is 0 Å². The Morgan fingerprint density at radius 3 is 2.21 bits per heavy atom. The Balaban J connectivity index is 2.68. The van der Waals surface area contributed by atoms with Gasteiger partial charge in [0.1, 0.15) is 5.75 Å². The summed E-state index contributed by atoms with van der Waals surface area (Å²) in [5.41, 5.74) is 1.14. The summed E-state index contributed by atoms with van der Waals surface area (Å²) in [6, 6.07) is 8.05. The van der Waals surface area contributed by atoms with Gasteiger partial charge in [-0.3, -0.25) is 0 Å². The van der Waals surface area contributed by atoms with Gasteiger partial charge in [0, 0.05) is 6.61 Å². The van der Waals surface area contributed by atoms with E-state index in [9.17, 15) is 0 Å². The Bertz CT molecular complexity index is 405. The van der Waals surface area contributed by atoms with E-state index in [4.69, 9.17) is 13.0 Å². The van der Waals surface area contributed by atoms with E-state index >= 15 is 0 Å². The predicted molar refractivity (Wildman–Crippen MR) is 84.1 cm³/mol. The van der Waals surface area contributed by atoms with Crippen LogP contribution in [-0.4, -0.2) is 23.7 Å². The highest BCUT2D eigenvalue weighted by Crippen LogP contribution is 2.23. The highest BCUT2D eigenvalue weighted by atomic mass is 28.5. The zero-order valence-corrected chi connectivity index (χ0v) is 14.9. The number of aryl methyl sites for hydroxylation is 1. The Kier molecular flexibility index (Phi) is 5.79. The number of rotatable bonds is 7.